The van der Waals surface area contributed by atoms with Crippen LogP contribution in [0.5, 0.6) is 0 Å². The molecule has 0 bridgehead atoms. The molecule has 0 saturated carbocycles. The molecule has 4 atom stereocenters. The Hall–Kier alpha value is -1.57. The monoisotopic (exact) mass is 272 g/mol. The van der Waals surface area contributed by atoms with Gasteiger partial charge in [-0.05, 0) is 0 Å². The van der Waals surface area contributed by atoms with E-state index in [4.69, 9.17) is 18.9 Å². The first kappa shape index (κ1) is 15.5. The quantitative estimate of drug-likeness (QED) is 0.359. The number of hydrogen-bond acceptors (Lipinski definition) is 7. The van der Waals surface area contributed by atoms with Crippen molar-refractivity contribution in [2.24, 2.45) is 0 Å². The summed E-state index contributed by atoms with van der Waals surface area (Å²) < 4.78 is 20.6. The third-order valence-electron chi connectivity index (χ3n) is 2.60. The number of hydrogen-bond donors (Lipinski definition) is 0. The van der Waals surface area contributed by atoms with Gasteiger partial charge in [-0.3, -0.25) is 14.4 Å². The van der Waals surface area contributed by atoms with E-state index in [2.05, 4.69) is 0 Å². The van der Waals surface area contributed by atoms with Gasteiger partial charge < -0.3 is 18.9 Å². The SMILES string of the molecule is B[C@H]1O[C@@H](COC(C)=O)[C@H](OC(C)=O)[C@@H]1OC(C)=O. The van der Waals surface area contributed by atoms with Crippen LogP contribution in [0.3, 0.4) is 0 Å². The molecule has 106 valence electrons. The van der Waals surface area contributed by atoms with Crippen LogP contribution < -0.4 is 0 Å². The minimum atomic E-state index is -0.782. The fourth-order valence-corrected chi connectivity index (χ4v) is 1.93. The minimum Gasteiger partial charge on any atom is -0.463 e. The molecular formula is C11H17BO7. The highest BCUT2D eigenvalue weighted by atomic mass is 16.6. The number of rotatable bonds is 4. The van der Waals surface area contributed by atoms with Crippen molar-refractivity contribution in [3.05, 3.63) is 0 Å². The number of carbonyl (C=O) groups is 3. The lowest BCUT2D eigenvalue weighted by atomic mass is 9.92. The van der Waals surface area contributed by atoms with Crippen LogP contribution in [0.4, 0.5) is 0 Å². The maximum absolute atomic E-state index is 11.1. The molecule has 0 N–H and O–H groups in total. The Morgan fingerprint density at radius 3 is 2.00 bits per heavy atom. The second kappa shape index (κ2) is 6.56. The lowest BCUT2D eigenvalue weighted by Gasteiger charge is -2.22. The number of esters is 3. The first-order valence-corrected chi connectivity index (χ1v) is 5.94. The third-order valence-corrected chi connectivity index (χ3v) is 2.60. The van der Waals surface area contributed by atoms with Crippen LogP contribution in [0.15, 0.2) is 0 Å². The molecule has 8 heteroatoms. The van der Waals surface area contributed by atoms with E-state index in [1.54, 1.807) is 7.85 Å². The fraction of sp³-hybridized carbons (Fsp3) is 0.727. The van der Waals surface area contributed by atoms with Crippen molar-refractivity contribution in [3.63, 3.8) is 0 Å². The Morgan fingerprint density at radius 2 is 1.53 bits per heavy atom. The van der Waals surface area contributed by atoms with Crippen LogP contribution in [0.1, 0.15) is 20.8 Å². The second-order valence-corrected chi connectivity index (χ2v) is 4.33. The highest BCUT2D eigenvalue weighted by Gasteiger charge is 2.47. The van der Waals surface area contributed by atoms with E-state index in [1.165, 1.54) is 20.8 Å². The molecular weight excluding hydrogens is 255 g/mol. The molecule has 0 aromatic heterocycles. The topological polar surface area (TPSA) is 88.1 Å². The van der Waals surface area contributed by atoms with E-state index in [0.29, 0.717) is 0 Å². The van der Waals surface area contributed by atoms with Crippen molar-refractivity contribution < 1.29 is 33.3 Å². The van der Waals surface area contributed by atoms with Crippen LogP contribution in [0, 0.1) is 0 Å². The van der Waals surface area contributed by atoms with E-state index in [-0.39, 0.29) is 6.61 Å². The number of ether oxygens (including phenoxy) is 4. The van der Waals surface area contributed by atoms with Crippen molar-refractivity contribution in [1.82, 2.24) is 0 Å². The van der Waals surface area contributed by atoms with E-state index in [0.717, 1.165) is 0 Å². The summed E-state index contributed by atoms with van der Waals surface area (Å²) in [6.07, 6.45) is -2.13. The van der Waals surface area contributed by atoms with Crippen molar-refractivity contribution in [1.29, 1.82) is 0 Å². The van der Waals surface area contributed by atoms with Crippen molar-refractivity contribution >= 4 is 25.8 Å². The van der Waals surface area contributed by atoms with Gasteiger partial charge in [0.1, 0.15) is 20.6 Å². The fourth-order valence-electron chi connectivity index (χ4n) is 1.93. The van der Waals surface area contributed by atoms with Gasteiger partial charge >= 0.3 is 17.9 Å². The molecule has 0 aliphatic carbocycles. The summed E-state index contributed by atoms with van der Waals surface area (Å²) in [6, 6.07) is -0.450. The molecule has 0 amide bonds. The van der Waals surface area contributed by atoms with Gasteiger partial charge in [0, 0.05) is 20.8 Å². The highest BCUT2D eigenvalue weighted by Crippen LogP contribution is 2.25. The van der Waals surface area contributed by atoms with Crippen LogP contribution in [0.2, 0.25) is 0 Å². The van der Waals surface area contributed by atoms with Crippen molar-refractivity contribution in [3.8, 4) is 0 Å². The van der Waals surface area contributed by atoms with Crippen molar-refractivity contribution in [2.45, 2.75) is 45.1 Å². The standard InChI is InChI=1S/C11H17BO7/c1-5(13)16-4-8-9(17-6(2)14)10(11(12)19-8)18-7(3)15/h8-11H,4,12H2,1-3H3/t8-,9-,10-,11-/m0/s1. The Labute approximate surface area is 111 Å². The summed E-state index contributed by atoms with van der Waals surface area (Å²) in [5, 5.41) is 0. The van der Waals surface area contributed by atoms with Gasteiger partial charge in [0.05, 0.1) is 6.00 Å². The molecule has 0 aromatic rings. The van der Waals surface area contributed by atoms with Gasteiger partial charge in [-0.15, -0.1) is 0 Å². The van der Waals surface area contributed by atoms with Gasteiger partial charge in [0.25, 0.3) is 0 Å². The molecule has 0 unspecified atom stereocenters. The van der Waals surface area contributed by atoms with Gasteiger partial charge in [0.2, 0.25) is 0 Å². The molecule has 0 spiro atoms. The highest BCUT2D eigenvalue weighted by molar-refractivity contribution is 6.11. The van der Waals surface area contributed by atoms with Gasteiger partial charge in [-0.2, -0.15) is 0 Å². The second-order valence-electron chi connectivity index (χ2n) is 4.33. The predicted molar refractivity (Wildman–Crippen MR) is 64.9 cm³/mol. The molecule has 1 heterocycles. The van der Waals surface area contributed by atoms with Crippen LogP contribution >= 0.6 is 0 Å². The Bertz CT molecular complexity index is 370. The Morgan fingerprint density at radius 1 is 1.00 bits per heavy atom. The van der Waals surface area contributed by atoms with E-state index in [1.807, 2.05) is 0 Å². The van der Waals surface area contributed by atoms with Gasteiger partial charge in [-0.25, -0.2) is 0 Å². The molecule has 19 heavy (non-hydrogen) atoms. The van der Waals surface area contributed by atoms with Gasteiger partial charge in [-0.1, -0.05) is 0 Å². The summed E-state index contributed by atoms with van der Waals surface area (Å²) in [5.74, 6) is -1.48. The van der Waals surface area contributed by atoms with E-state index < -0.39 is 42.2 Å². The molecule has 1 aliphatic heterocycles. The average Bonchev–Trinajstić information content (AvgIpc) is 2.53. The predicted octanol–water partition coefficient (Wildman–Crippen LogP) is -1.23. The first-order chi connectivity index (χ1) is 8.81. The maximum Gasteiger partial charge on any atom is 0.303 e. The Balaban J connectivity index is 2.76. The van der Waals surface area contributed by atoms with E-state index >= 15 is 0 Å². The van der Waals surface area contributed by atoms with E-state index in [9.17, 15) is 14.4 Å². The Kier molecular flexibility index (Phi) is 5.35. The zero-order valence-corrected chi connectivity index (χ0v) is 11.4. The van der Waals surface area contributed by atoms with Crippen LogP contribution in [-0.2, 0) is 33.3 Å². The summed E-state index contributed by atoms with van der Waals surface area (Å²) in [4.78, 5) is 32.9. The van der Waals surface area contributed by atoms with Crippen LogP contribution in [0.25, 0.3) is 0 Å². The molecule has 0 radical (unpaired) electrons. The largest absolute Gasteiger partial charge is 0.463 e. The summed E-state index contributed by atoms with van der Waals surface area (Å²) >= 11 is 0. The molecule has 0 aromatic carbocycles. The lowest BCUT2D eigenvalue weighted by molar-refractivity contribution is -0.165. The smallest absolute Gasteiger partial charge is 0.303 e. The zero-order chi connectivity index (χ0) is 14.6. The minimum absolute atomic E-state index is 0.0601. The summed E-state index contributed by atoms with van der Waals surface area (Å²) in [5.41, 5.74) is 0. The van der Waals surface area contributed by atoms with Gasteiger partial charge in [0.15, 0.2) is 12.2 Å². The molecule has 1 aliphatic rings. The van der Waals surface area contributed by atoms with Crippen LogP contribution in [-0.4, -0.2) is 56.7 Å². The maximum atomic E-state index is 11.1. The average molecular weight is 272 g/mol. The summed E-state index contributed by atoms with van der Waals surface area (Å²) in [6.45, 7) is 3.71. The third kappa shape index (κ3) is 4.55. The molecule has 1 rings (SSSR count). The molecule has 1 saturated heterocycles. The lowest BCUT2D eigenvalue weighted by Crippen LogP contribution is -2.41. The molecule has 1 fully saturated rings. The first-order valence-electron chi connectivity index (χ1n) is 5.94. The number of carbonyl (C=O) groups excluding carboxylic acids is 3. The normalized spacial score (nSPS) is 29.6. The zero-order valence-electron chi connectivity index (χ0n) is 11.4. The summed E-state index contributed by atoms with van der Waals surface area (Å²) in [7, 11) is 1.69. The van der Waals surface area contributed by atoms with Crippen molar-refractivity contribution in [2.75, 3.05) is 6.61 Å². The molecule has 7 nitrogen and oxygen atoms in total.